The first-order valence-electron chi connectivity index (χ1n) is 8.28. The molecule has 3 aromatic rings. The molecule has 0 fully saturated rings. The van der Waals surface area contributed by atoms with E-state index in [4.69, 9.17) is 0 Å². The van der Waals surface area contributed by atoms with Crippen molar-refractivity contribution in [3.8, 4) is 5.69 Å². The van der Waals surface area contributed by atoms with E-state index in [0.29, 0.717) is 0 Å². The molecule has 1 aromatic heterocycles. The molecule has 0 aliphatic heterocycles. The Morgan fingerprint density at radius 2 is 2.00 bits per heavy atom. The van der Waals surface area contributed by atoms with Gasteiger partial charge >= 0.3 is 26.2 Å². The number of hydrogen-bond acceptors (Lipinski definition) is 1. The summed E-state index contributed by atoms with van der Waals surface area (Å²) in [7, 11) is 0. The zero-order chi connectivity index (χ0) is 15.9. The van der Waals surface area contributed by atoms with Gasteiger partial charge in [-0.25, -0.2) is 11.6 Å². The normalized spacial score (nSPS) is 11.5. The molecule has 0 atom stereocenters. The Morgan fingerprint density at radius 3 is 2.62 bits per heavy atom. The molecule has 5 heteroatoms. The number of fused-ring (bicyclic) bond motifs is 1. The largest absolute Gasteiger partial charge is 4.00 e. The predicted octanol–water partition coefficient (Wildman–Crippen LogP) is -0.384. The Bertz CT molecular complexity index is 771. The van der Waals surface area contributed by atoms with Crippen LogP contribution < -0.4 is 24.8 Å². The van der Waals surface area contributed by atoms with Crippen LogP contribution in [0.5, 0.6) is 0 Å². The van der Waals surface area contributed by atoms with E-state index < -0.39 is 0 Å². The minimum atomic E-state index is 0. The first-order valence-corrected chi connectivity index (χ1v) is 8.28. The van der Waals surface area contributed by atoms with Crippen LogP contribution in [0.2, 0.25) is 0 Å². The number of nitrogens with zero attached hydrogens (tertiary/aromatic N) is 2. The number of aromatic nitrogens is 2. The molecule has 0 saturated carbocycles. The fourth-order valence-electron chi connectivity index (χ4n) is 2.68. The summed E-state index contributed by atoms with van der Waals surface area (Å²) in [6.45, 7) is 2.22. The van der Waals surface area contributed by atoms with Crippen molar-refractivity contribution in [1.29, 1.82) is 0 Å². The van der Waals surface area contributed by atoms with Gasteiger partial charge in [-0.2, -0.15) is 11.2 Å². The Kier molecular flexibility index (Phi) is 12.7. The van der Waals surface area contributed by atoms with Crippen molar-refractivity contribution >= 4 is 10.8 Å². The van der Waals surface area contributed by atoms with Crippen LogP contribution in [0.3, 0.4) is 0 Å². The maximum atomic E-state index is 4.20. The maximum Gasteiger partial charge on any atom is 4.00 e. The van der Waals surface area contributed by atoms with E-state index in [1.165, 1.54) is 35.6 Å². The molecule has 0 radical (unpaired) electrons. The number of halogens is 2. The smallest absolute Gasteiger partial charge is 1.00 e. The van der Waals surface area contributed by atoms with Gasteiger partial charge in [0.15, 0.2) is 0 Å². The third-order valence-electron chi connectivity index (χ3n) is 3.94. The molecule has 1 aliphatic carbocycles. The number of benzene rings is 1. The molecule has 0 amide bonds. The Labute approximate surface area is 187 Å². The van der Waals surface area contributed by atoms with Crippen LogP contribution >= 0.6 is 0 Å². The summed E-state index contributed by atoms with van der Waals surface area (Å²) in [5.41, 5.74) is 2.54. The van der Waals surface area contributed by atoms with E-state index in [1.807, 2.05) is 16.9 Å². The summed E-state index contributed by atoms with van der Waals surface area (Å²) >= 11 is 0. The van der Waals surface area contributed by atoms with Gasteiger partial charge in [0.25, 0.3) is 0 Å². The van der Waals surface area contributed by atoms with Gasteiger partial charge in [-0.05, 0) is 11.8 Å². The molecule has 0 spiro atoms. The summed E-state index contributed by atoms with van der Waals surface area (Å²) in [4.78, 5) is 0. The van der Waals surface area contributed by atoms with Crippen molar-refractivity contribution in [2.24, 2.45) is 0 Å². The average Bonchev–Trinajstić information content (AvgIpc) is 3.34. The molecule has 0 bridgehead atoms. The average molecular weight is 465 g/mol. The van der Waals surface area contributed by atoms with Crippen LogP contribution in [-0.4, -0.2) is 9.78 Å². The third kappa shape index (κ3) is 6.95. The fraction of sp³-hybridized carbons (Fsp3) is 0.238. The fourth-order valence-corrected chi connectivity index (χ4v) is 2.68. The van der Waals surface area contributed by atoms with Crippen LogP contribution in [0, 0.1) is 6.08 Å². The minimum Gasteiger partial charge on any atom is -1.00 e. The van der Waals surface area contributed by atoms with Gasteiger partial charge in [0.1, 0.15) is 0 Å². The summed E-state index contributed by atoms with van der Waals surface area (Å²) in [5, 5.41) is 6.72. The number of unbranched alkanes of at least 4 members (excludes halogenated alkanes) is 1. The van der Waals surface area contributed by atoms with Crippen LogP contribution in [0.4, 0.5) is 0 Å². The molecule has 4 rings (SSSR count). The van der Waals surface area contributed by atoms with Crippen molar-refractivity contribution < 1.29 is 51.0 Å². The zero-order valence-corrected chi connectivity index (χ0v) is 18.8. The molecule has 1 aliphatic rings. The second kappa shape index (κ2) is 13.2. The molecule has 134 valence electrons. The van der Waals surface area contributed by atoms with Gasteiger partial charge in [-0.15, -0.1) is 47.5 Å². The Balaban J connectivity index is 0.000000466. The monoisotopic (exact) mass is 462 g/mol. The quantitative estimate of drug-likeness (QED) is 0.482. The Hall–Kier alpha value is -1.02. The van der Waals surface area contributed by atoms with Gasteiger partial charge in [-0.1, -0.05) is 32.3 Å². The van der Waals surface area contributed by atoms with Crippen LogP contribution in [0.15, 0.2) is 72.6 Å². The second-order valence-electron chi connectivity index (χ2n) is 5.71. The molecular formula is C21H22Cl2N2Zr. The number of rotatable bonds is 4. The van der Waals surface area contributed by atoms with Crippen molar-refractivity contribution in [3.05, 3.63) is 78.7 Å². The molecule has 2 nitrogen and oxygen atoms in total. The summed E-state index contributed by atoms with van der Waals surface area (Å²) in [5.74, 6) is 0. The van der Waals surface area contributed by atoms with Crippen LogP contribution in [0.25, 0.3) is 16.5 Å². The van der Waals surface area contributed by atoms with E-state index in [0.717, 1.165) is 12.1 Å². The summed E-state index contributed by atoms with van der Waals surface area (Å²) < 4.78 is 1.88. The number of allylic oxidation sites excluding steroid dienone is 4. The molecule has 26 heavy (non-hydrogen) atoms. The molecule has 0 unspecified atom stereocenters. The zero-order valence-electron chi connectivity index (χ0n) is 14.8. The first kappa shape index (κ1) is 25.0. The summed E-state index contributed by atoms with van der Waals surface area (Å²) in [6.07, 6.45) is 16.3. The minimum absolute atomic E-state index is 0. The number of hydrogen-bond donors (Lipinski definition) is 0. The predicted molar refractivity (Wildman–Crippen MR) is 96.7 cm³/mol. The van der Waals surface area contributed by atoms with Crippen molar-refractivity contribution in [1.82, 2.24) is 9.78 Å². The molecule has 0 saturated heterocycles. The Morgan fingerprint density at radius 1 is 1.19 bits per heavy atom. The van der Waals surface area contributed by atoms with E-state index in [-0.39, 0.29) is 51.0 Å². The maximum absolute atomic E-state index is 4.20. The third-order valence-corrected chi connectivity index (χ3v) is 3.94. The van der Waals surface area contributed by atoms with E-state index >= 15 is 0 Å². The van der Waals surface area contributed by atoms with Gasteiger partial charge < -0.3 is 24.8 Å². The molecular weight excluding hydrogens is 442 g/mol. The van der Waals surface area contributed by atoms with Gasteiger partial charge in [0, 0.05) is 12.4 Å². The SMILES string of the molecule is CCCCC1=[C-]CC=C1.[Cl-].[Cl-].[Zr+4].c1ccc2[cH-]c(-n3cccn3)cc2c1. The first-order chi connectivity index (χ1) is 11.4. The second-order valence-corrected chi connectivity index (χ2v) is 5.71. The van der Waals surface area contributed by atoms with E-state index in [1.54, 1.807) is 6.20 Å². The van der Waals surface area contributed by atoms with Crippen molar-refractivity contribution in [2.45, 2.75) is 32.6 Å². The van der Waals surface area contributed by atoms with E-state index in [9.17, 15) is 0 Å². The van der Waals surface area contributed by atoms with Crippen molar-refractivity contribution in [2.75, 3.05) is 0 Å². The molecule has 0 N–H and O–H groups in total. The van der Waals surface area contributed by atoms with Gasteiger partial charge in [0.2, 0.25) is 0 Å². The summed E-state index contributed by atoms with van der Waals surface area (Å²) in [6, 6.07) is 14.5. The topological polar surface area (TPSA) is 17.8 Å². The van der Waals surface area contributed by atoms with Crippen molar-refractivity contribution in [3.63, 3.8) is 0 Å². The standard InChI is InChI=1S/C12H9N2.C9H13.2ClH.Zr/c1-2-5-11-9-12(8-10(11)4-1)14-7-3-6-13-14;1-2-3-6-9-7-4-5-8-9;;;/h1-9H;4,7H,2-3,5-6H2,1H3;2*1H;/q2*-1;;;+4/p-2. The van der Waals surface area contributed by atoms with Crippen LogP contribution in [-0.2, 0) is 26.2 Å². The van der Waals surface area contributed by atoms with Crippen LogP contribution in [0.1, 0.15) is 32.6 Å². The molecule has 2 aromatic carbocycles. The molecule has 1 heterocycles. The van der Waals surface area contributed by atoms with E-state index in [2.05, 4.69) is 66.6 Å². The van der Waals surface area contributed by atoms with Gasteiger partial charge in [-0.3, -0.25) is 10.8 Å². The van der Waals surface area contributed by atoms with Gasteiger partial charge in [0.05, 0.1) is 0 Å².